The van der Waals surface area contributed by atoms with Crippen LogP contribution in [-0.4, -0.2) is 30.5 Å². The zero-order valence-corrected chi connectivity index (χ0v) is 22.2. The molecule has 0 spiro atoms. The lowest BCUT2D eigenvalue weighted by molar-refractivity contribution is -0.274. The van der Waals surface area contributed by atoms with Crippen LogP contribution in [0.2, 0.25) is 0 Å². The number of halogens is 6. The van der Waals surface area contributed by atoms with E-state index in [9.17, 15) is 13.2 Å². The fourth-order valence-corrected chi connectivity index (χ4v) is 4.60. The minimum absolute atomic E-state index is 0. The highest BCUT2D eigenvalue weighted by molar-refractivity contribution is 9.10. The number of hydrogen-bond acceptors (Lipinski definition) is 5. The molecule has 1 aliphatic carbocycles. The molecule has 11 heteroatoms. The van der Waals surface area contributed by atoms with Gasteiger partial charge in [-0.1, -0.05) is 40.2 Å². The highest BCUT2D eigenvalue weighted by Crippen LogP contribution is 2.31. The van der Waals surface area contributed by atoms with Crippen LogP contribution in [0.1, 0.15) is 31.2 Å². The zero-order chi connectivity index (χ0) is 23.4. The van der Waals surface area contributed by atoms with Crippen molar-refractivity contribution in [3.63, 3.8) is 0 Å². The van der Waals surface area contributed by atoms with Gasteiger partial charge in [0.1, 0.15) is 11.6 Å². The van der Waals surface area contributed by atoms with Crippen molar-refractivity contribution in [2.45, 2.75) is 50.7 Å². The molecule has 0 unspecified atom stereocenters. The van der Waals surface area contributed by atoms with E-state index in [4.69, 9.17) is 4.98 Å². The Morgan fingerprint density at radius 2 is 1.69 bits per heavy atom. The van der Waals surface area contributed by atoms with Crippen LogP contribution in [0.15, 0.2) is 53.0 Å². The fourth-order valence-electron chi connectivity index (χ4n) is 4.26. The molecule has 35 heavy (non-hydrogen) atoms. The van der Waals surface area contributed by atoms with Crippen molar-refractivity contribution in [2.75, 3.05) is 17.7 Å². The Bertz CT molecular complexity index is 1110. The average molecular weight is 596 g/mol. The monoisotopic (exact) mass is 594 g/mol. The van der Waals surface area contributed by atoms with Crippen LogP contribution >= 0.6 is 40.7 Å². The molecule has 3 N–H and O–H groups in total. The molecule has 1 saturated carbocycles. The molecular formula is C24H28BrCl2F3N4O. The number of anilines is 2. The summed E-state index contributed by atoms with van der Waals surface area (Å²) in [5.74, 6) is 0.667. The number of ether oxygens (including phenoxy) is 1. The lowest BCUT2D eigenvalue weighted by Gasteiger charge is -2.30. The molecule has 3 aromatic rings. The molecule has 0 aliphatic heterocycles. The molecule has 1 heterocycles. The molecule has 0 saturated heterocycles. The first-order valence-corrected chi connectivity index (χ1v) is 11.7. The van der Waals surface area contributed by atoms with Crippen molar-refractivity contribution in [2.24, 2.45) is 0 Å². The average Bonchev–Trinajstić information content (AvgIpc) is 2.78. The summed E-state index contributed by atoms with van der Waals surface area (Å²) < 4.78 is 42.9. The third kappa shape index (κ3) is 8.03. The first-order chi connectivity index (χ1) is 15.8. The van der Waals surface area contributed by atoms with Gasteiger partial charge in [-0.05, 0) is 43.9 Å². The van der Waals surface area contributed by atoms with Crippen LogP contribution in [0.4, 0.5) is 24.7 Å². The first kappa shape index (κ1) is 29.3. The molecule has 1 aromatic heterocycles. The van der Waals surface area contributed by atoms with Gasteiger partial charge in [-0.15, -0.1) is 38.0 Å². The number of nitrogens with one attached hydrogen (secondary N) is 3. The Balaban J connectivity index is 0.00000216. The molecule has 2 aromatic carbocycles. The molecule has 0 bridgehead atoms. The maximum absolute atomic E-state index is 12.7. The van der Waals surface area contributed by atoms with Crippen molar-refractivity contribution in [1.29, 1.82) is 0 Å². The second kappa shape index (κ2) is 12.9. The third-order valence-electron chi connectivity index (χ3n) is 5.90. The highest BCUT2D eigenvalue weighted by Gasteiger charge is 2.32. The molecule has 5 nitrogen and oxygen atoms in total. The van der Waals surface area contributed by atoms with Crippen LogP contribution in [0.3, 0.4) is 0 Å². The molecule has 1 aliphatic rings. The van der Waals surface area contributed by atoms with Gasteiger partial charge < -0.3 is 20.7 Å². The summed E-state index contributed by atoms with van der Waals surface area (Å²) >= 11 is 3.20. The fraction of sp³-hybridized carbons (Fsp3) is 0.375. The van der Waals surface area contributed by atoms with Crippen LogP contribution < -0.4 is 20.7 Å². The van der Waals surface area contributed by atoms with Crippen molar-refractivity contribution >= 4 is 63.2 Å². The summed E-state index contributed by atoms with van der Waals surface area (Å²) in [6, 6.07) is 15.3. The van der Waals surface area contributed by atoms with Crippen molar-refractivity contribution in [1.82, 2.24) is 10.3 Å². The van der Waals surface area contributed by atoms with E-state index >= 15 is 0 Å². The van der Waals surface area contributed by atoms with Gasteiger partial charge in [0.25, 0.3) is 0 Å². The number of benzene rings is 2. The highest BCUT2D eigenvalue weighted by atomic mass is 79.9. The topological polar surface area (TPSA) is 58.2 Å². The van der Waals surface area contributed by atoms with E-state index in [-0.39, 0.29) is 36.6 Å². The second-order valence-electron chi connectivity index (χ2n) is 8.20. The van der Waals surface area contributed by atoms with E-state index in [1.54, 1.807) is 12.1 Å². The number of alkyl halides is 3. The number of rotatable bonds is 7. The summed E-state index contributed by atoms with van der Waals surface area (Å²) in [6.45, 7) is 0.319. The maximum Gasteiger partial charge on any atom is 0.573 e. The number of para-hydroxylation sites is 1. The van der Waals surface area contributed by atoms with Crippen molar-refractivity contribution in [3.8, 4) is 5.75 Å². The largest absolute Gasteiger partial charge is 0.573 e. The predicted octanol–water partition coefficient (Wildman–Crippen LogP) is 7.29. The summed E-state index contributed by atoms with van der Waals surface area (Å²) in [4.78, 5) is 4.74. The van der Waals surface area contributed by atoms with Crippen molar-refractivity contribution in [3.05, 3.63) is 58.6 Å². The lowest BCUT2D eigenvalue weighted by atomic mass is 9.91. The molecule has 1 fully saturated rings. The standard InChI is InChI=1S/C24H26BrF3N4O.2ClH/c1-29-21-13-23(32-20-5-3-2-4-19(20)21)31-18-10-8-17(9-11-18)30-14-15-6-7-16(25)12-22(15)33-24(26,27)28;;/h2-7,12-13,17-18,30H,8-11,14H2,1H3,(H2,29,31,32);2*1H. The maximum atomic E-state index is 12.7. The van der Waals surface area contributed by atoms with Gasteiger partial charge in [0.15, 0.2) is 0 Å². The summed E-state index contributed by atoms with van der Waals surface area (Å²) in [5.41, 5.74) is 2.45. The Morgan fingerprint density at radius 3 is 2.37 bits per heavy atom. The van der Waals surface area contributed by atoms with Gasteiger partial charge in [0.2, 0.25) is 0 Å². The summed E-state index contributed by atoms with van der Waals surface area (Å²) in [6.07, 6.45) is -0.962. The molecule has 0 radical (unpaired) electrons. The van der Waals surface area contributed by atoms with Crippen LogP contribution in [0.25, 0.3) is 10.9 Å². The zero-order valence-electron chi connectivity index (χ0n) is 19.0. The summed E-state index contributed by atoms with van der Waals surface area (Å²) in [5, 5.41) is 11.3. The quantitative estimate of drug-likeness (QED) is 0.268. The predicted molar refractivity (Wildman–Crippen MR) is 143 cm³/mol. The van der Waals surface area contributed by atoms with Crippen LogP contribution in [0.5, 0.6) is 5.75 Å². The van der Waals surface area contributed by atoms with Gasteiger partial charge in [-0.2, -0.15) is 0 Å². The number of nitrogens with zero attached hydrogens (tertiary/aromatic N) is 1. The molecule has 0 atom stereocenters. The van der Waals surface area contributed by atoms with Crippen LogP contribution in [0, 0.1) is 0 Å². The van der Waals surface area contributed by atoms with E-state index in [1.165, 1.54) is 6.07 Å². The minimum Gasteiger partial charge on any atom is -0.405 e. The van der Waals surface area contributed by atoms with Gasteiger partial charge in [0.05, 0.1) is 5.52 Å². The van der Waals surface area contributed by atoms with Gasteiger partial charge in [-0.3, -0.25) is 0 Å². The smallest absolute Gasteiger partial charge is 0.405 e. The number of fused-ring (bicyclic) bond motifs is 1. The molecule has 192 valence electrons. The summed E-state index contributed by atoms with van der Waals surface area (Å²) in [7, 11) is 1.90. The Labute approximate surface area is 223 Å². The normalized spacial score (nSPS) is 17.7. The van der Waals surface area contributed by atoms with Gasteiger partial charge >= 0.3 is 6.36 Å². The van der Waals surface area contributed by atoms with E-state index in [1.807, 2.05) is 37.4 Å². The van der Waals surface area contributed by atoms with E-state index < -0.39 is 6.36 Å². The lowest BCUT2D eigenvalue weighted by Crippen LogP contribution is -2.36. The molecule has 0 amide bonds. The first-order valence-electron chi connectivity index (χ1n) is 10.9. The van der Waals surface area contributed by atoms with Gasteiger partial charge in [-0.25, -0.2) is 4.98 Å². The number of hydrogen-bond donors (Lipinski definition) is 3. The third-order valence-corrected chi connectivity index (χ3v) is 6.39. The SMILES string of the molecule is CNc1cc(NC2CCC(NCc3ccc(Br)cc3OC(F)(F)F)CC2)nc2ccccc12.Cl.Cl. The van der Waals surface area contributed by atoms with E-state index in [0.717, 1.165) is 48.1 Å². The number of aromatic nitrogens is 1. The Morgan fingerprint density at radius 1 is 1.00 bits per heavy atom. The Hall–Kier alpha value is -1.94. The van der Waals surface area contributed by atoms with Gasteiger partial charge in [0, 0.05) is 52.9 Å². The van der Waals surface area contributed by atoms with E-state index in [2.05, 4.69) is 36.6 Å². The minimum atomic E-state index is -4.72. The van der Waals surface area contributed by atoms with Crippen LogP contribution in [-0.2, 0) is 6.54 Å². The van der Waals surface area contributed by atoms with Crippen molar-refractivity contribution < 1.29 is 17.9 Å². The second-order valence-corrected chi connectivity index (χ2v) is 9.11. The Kier molecular flexibility index (Phi) is 10.8. The number of pyridine rings is 1. The molecular weight excluding hydrogens is 568 g/mol. The molecule has 4 rings (SSSR count). The van der Waals surface area contributed by atoms with E-state index in [0.29, 0.717) is 22.6 Å².